The summed E-state index contributed by atoms with van der Waals surface area (Å²) in [6.45, 7) is 5.10. The van der Waals surface area contributed by atoms with E-state index in [0.29, 0.717) is 22.1 Å². The lowest BCUT2D eigenvalue weighted by atomic mass is 10.1. The highest BCUT2D eigenvalue weighted by atomic mass is 35.5. The first-order valence-corrected chi connectivity index (χ1v) is 9.78. The summed E-state index contributed by atoms with van der Waals surface area (Å²) in [5.41, 5.74) is -0.0210. The lowest BCUT2D eigenvalue weighted by Crippen LogP contribution is -2.42. The molecule has 0 spiro atoms. The molecule has 0 saturated carbocycles. The first kappa shape index (κ1) is 21.4. The van der Waals surface area contributed by atoms with Gasteiger partial charge in [0.1, 0.15) is 11.8 Å². The van der Waals surface area contributed by atoms with E-state index in [-0.39, 0.29) is 11.8 Å². The van der Waals surface area contributed by atoms with Crippen molar-refractivity contribution >= 4 is 34.8 Å². The molecule has 0 saturated heterocycles. The topological polar surface area (TPSA) is 85.3 Å². The van der Waals surface area contributed by atoms with Crippen LogP contribution in [0.4, 0.5) is 11.4 Å². The fourth-order valence-corrected chi connectivity index (χ4v) is 2.80. The number of amides is 2. The maximum atomic E-state index is 12.7. The minimum Gasteiger partial charge on any atom is -0.478 e. The third-order valence-corrected chi connectivity index (χ3v) is 4.67. The first-order valence-electron chi connectivity index (χ1n) is 9.41. The number of hydrogen-bond donors (Lipinski definition) is 2. The predicted molar refractivity (Wildman–Crippen MR) is 117 cm³/mol. The summed E-state index contributed by atoms with van der Waals surface area (Å²) in [6, 6.07) is 15.0. The molecule has 8 heteroatoms. The summed E-state index contributed by atoms with van der Waals surface area (Å²) < 4.78 is 7.38. The number of halogens is 1. The van der Waals surface area contributed by atoms with E-state index in [1.165, 1.54) is 0 Å². The molecule has 0 aliphatic heterocycles. The zero-order chi connectivity index (χ0) is 21.7. The van der Waals surface area contributed by atoms with Crippen molar-refractivity contribution in [3.63, 3.8) is 0 Å². The number of nitrogens with zero attached hydrogens (tertiary/aromatic N) is 2. The zero-order valence-corrected chi connectivity index (χ0v) is 17.7. The Morgan fingerprint density at radius 1 is 1.07 bits per heavy atom. The molecule has 0 bridgehead atoms. The van der Waals surface area contributed by atoms with Crippen molar-refractivity contribution in [1.82, 2.24) is 9.78 Å². The molecule has 3 aromatic rings. The minimum atomic E-state index is -1.12. The van der Waals surface area contributed by atoms with Gasteiger partial charge in [-0.05, 0) is 69.3 Å². The van der Waals surface area contributed by atoms with Gasteiger partial charge in [-0.1, -0.05) is 17.7 Å². The lowest BCUT2D eigenvalue weighted by molar-refractivity contribution is -0.128. The smallest absolute Gasteiger partial charge is 0.267 e. The molecular formula is C22H23ClN4O3. The van der Waals surface area contributed by atoms with Crippen LogP contribution in [0.2, 0.25) is 5.02 Å². The van der Waals surface area contributed by atoms with Gasteiger partial charge in [0, 0.05) is 28.8 Å². The number of hydrogen-bond acceptors (Lipinski definition) is 4. The molecule has 0 radical (unpaired) electrons. The third-order valence-electron chi connectivity index (χ3n) is 4.42. The van der Waals surface area contributed by atoms with E-state index in [1.807, 2.05) is 0 Å². The van der Waals surface area contributed by atoms with Gasteiger partial charge in [-0.15, -0.1) is 0 Å². The Hall–Kier alpha value is -3.32. The molecule has 1 aromatic heterocycles. The van der Waals surface area contributed by atoms with Crippen LogP contribution in [0.25, 0.3) is 0 Å². The van der Waals surface area contributed by atoms with Crippen molar-refractivity contribution < 1.29 is 14.3 Å². The molecule has 7 nitrogen and oxygen atoms in total. The Balaban J connectivity index is 1.64. The van der Waals surface area contributed by atoms with Crippen LogP contribution in [0.3, 0.4) is 0 Å². The van der Waals surface area contributed by atoms with Crippen molar-refractivity contribution in [2.24, 2.45) is 0 Å². The number of nitrogens with one attached hydrogen (secondary N) is 2. The third kappa shape index (κ3) is 5.39. The molecule has 1 atom stereocenters. The Kier molecular flexibility index (Phi) is 6.42. The molecule has 30 heavy (non-hydrogen) atoms. The maximum Gasteiger partial charge on any atom is 0.267 e. The molecule has 2 N–H and O–H groups in total. The van der Waals surface area contributed by atoms with Gasteiger partial charge in [-0.3, -0.25) is 14.3 Å². The largest absolute Gasteiger partial charge is 0.478 e. The zero-order valence-electron chi connectivity index (χ0n) is 16.9. The van der Waals surface area contributed by atoms with Crippen molar-refractivity contribution in [2.45, 2.75) is 32.4 Å². The summed E-state index contributed by atoms with van der Waals surface area (Å²) >= 11 is 5.88. The maximum absolute atomic E-state index is 12.7. The molecule has 2 aromatic carbocycles. The molecule has 0 fully saturated rings. The fourth-order valence-electron chi connectivity index (χ4n) is 2.68. The predicted octanol–water partition coefficient (Wildman–Crippen LogP) is 4.53. The van der Waals surface area contributed by atoms with Crippen molar-refractivity contribution in [3.8, 4) is 5.75 Å². The van der Waals surface area contributed by atoms with Gasteiger partial charge < -0.3 is 15.4 Å². The van der Waals surface area contributed by atoms with Crippen LogP contribution < -0.4 is 15.4 Å². The highest BCUT2D eigenvalue weighted by Crippen LogP contribution is 2.23. The van der Waals surface area contributed by atoms with Crippen LogP contribution in [0.15, 0.2) is 67.0 Å². The van der Waals surface area contributed by atoms with E-state index in [4.69, 9.17) is 16.3 Å². The van der Waals surface area contributed by atoms with Crippen LogP contribution in [0.1, 0.15) is 26.8 Å². The number of aromatic nitrogens is 2. The quantitative estimate of drug-likeness (QED) is 0.581. The molecule has 1 heterocycles. The van der Waals surface area contributed by atoms with E-state index < -0.39 is 11.6 Å². The van der Waals surface area contributed by atoms with Gasteiger partial charge in [-0.2, -0.15) is 5.10 Å². The van der Waals surface area contributed by atoms with Crippen LogP contribution >= 0.6 is 11.6 Å². The van der Waals surface area contributed by atoms with Crippen molar-refractivity contribution in [2.75, 3.05) is 10.6 Å². The van der Waals surface area contributed by atoms with Gasteiger partial charge in [-0.25, -0.2) is 0 Å². The molecule has 1 unspecified atom stereocenters. The number of carbonyl (C=O) groups is 2. The SMILES string of the molecule is CC(C(=O)Nc1cccc(NC(=O)C(C)(C)Oc2ccc(Cl)cc2)c1)n1cccn1. The highest BCUT2D eigenvalue weighted by molar-refractivity contribution is 6.30. The highest BCUT2D eigenvalue weighted by Gasteiger charge is 2.30. The van der Waals surface area contributed by atoms with E-state index in [1.54, 1.807) is 92.4 Å². The van der Waals surface area contributed by atoms with Gasteiger partial charge in [0.2, 0.25) is 5.91 Å². The van der Waals surface area contributed by atoms with Crippen molar-refractivity contribution in [3.05, 3.63) is 72.0 Å². The molecule has 2 amide bonds. The molecule has 0 aliphatic rings. The Bertz CT molecular complexity index is 1020. The lowest BCUT2D eigenvalue weighted by Gasteiger charge is -2.25. The van der Waals surface area contributed by atoms with E-state index in [0.717, 1.165) is 0 Å². The molecule has 0 aliphatic carbocycles. The van der Waals surface area contributed by atoms with Crippen LogP contribution in [0.5, 0.6) is 5.75 Å². The van der Waals surface area contributed by atoms with E-state index in [2.05, 4.69) is 15.7 Å². The molecule has 156 valence electrons. The summed E-state index contributed by atoms with van der Waals surface area (Å²) in [6.07, 6.45) is 3.34. The molecule has 3 rings (SSSR count). The Labute approximate surface area is 180 Å². The van der Waals surface area contributed by atoms with Crippen molar-refractivity contribution in [1.29, 1.82) is 0 Å². The van der Waals surface area contributed by atoms with Gasteiger partial charge in [0.15, 0.2) is 5.60 Å². The Morgan fingerprint density at radius 2 is 1.73 bits per heavy atom. The summed E-state index contributed by atoms with van der Waals surface area (Å²) in [5, 5.41) is 10.3. The van der Waals surface area contributed by atoms with Crippen LogP contribution in [-0.4, -0.2) is 27.2 Å². The number of ether oxygens (including phenoxy) is 1. The monoisotopic (exact) mass is 426 g/mol. The van der Waals surface area contributed by atoms with Gasteiger partial charge >= 0.3 is 0 Å². The second-order valence-electron chi connectivity index (χ2n) is 7.25. The normalized spacial score (nSPS) is 12.1. The first-order chi connectivity index (χ1) is 14.2. The van der Waals surface area contributed by atoms with Crippen LogP contribution in [0, 0.1) is 0 Å². The van der Waals surface area contributed by atoms with Crippen LogP contribution in [-0.2, 0) is 9.59 Å². The Morgan fingerprint density at radius 3 is 2.37 bits per heavy atom. The second-order valence-corrected chi connectivity index (χ2v) is 7.69. The summed E-state index contributed by atoms with van der Waals surface area (Å²) in [5.74, 6) is -0.00686. The standard InChI is InChI=1S/C22H23ClN4O3/c1-15(27-13-5-12-24-27)20(28)25-17-6-4-7-18(14-17)26-21(29)22(2,3)30-19-10-8-16(23)9-11-19/h4-15H,1-3H3,(H,25,28)(H,26,29). The molecular weight excluding hydrogens is 404 g/mol. The second kappa shape index (κ2) is 9.00. The van der Waals surface area contributed by atoms with Gasteiger partial charge in [0.05, 0.1) is 0 Å². The summed E-state index contributed by atoms with van der Waals surface area (Å²) in [4.78, 5) is 25.2. The number of carbonyl (C=O) groups excluding carboxylic acids is 2. The fraction of sp³-hybridized carbons (Fsp3) is 0.227. The average molecular weight is 427 g/mol. The van der Waals surface area contributed by atoms with E-state index in [9.17, 15) is 9.59 Å². The van der Waals surface area contributed by atoms with E-state index >= 15 is 0 Å². The number of benzene rings is 2. The minimum absolute atomic E-state index is 0.214. The van der Waals surface area contributed by atoms with Gasteiger partial charge in [0.25, 0.3) is 5.91 Å². The number of anilines is 2. The summed E-state index contributed by atoms with van der Waals surface area (Å²) in [7, 11) is 0. The average Bonchev–Trinajstić information content (AvgIpc) is 3.24. The number of rotatable bonds is 7.